The van der Waals surface area contributed by atoms with Crippen molar-refractivity contribution in [2.24, 2.45) is 7.05 Å². The van der Waals surface area contributed by atoms with Gasteiger partial charge in [-0.25, -0.2) is 0 Å². The van der Waals surface area contributed by atoms with E-state index in [0.717, 1.165) is 11.3 Å². The molecule has 28 heavy (non-hydrogen) atoms. The Morgan fingerprint density at radius 2 is 1.86 bits per heavy atom. The Balaban J connectivity index is 1.71. The number of rotatable bonds is 7. The van der Waals surface area contributed by atoms with Gasteiger partial charge in [0.05, 0.1) is 31.1 Å². The molecular formula is C22H25N3O3. The van der Waals surface area contributed by atoms with Gasteiger partial charge in [-0.15, -0.1) is 0 Å². The summed E-state index contributed by atoms with van der Waals surface area (Å²) in [4.78, 5) is 12.8. The van der Waals surface area contributed by atoms with Crippen molar-refractivity contribution in [1.29, 1.82) is 0 Å². The van der Waals surface area contributed by atoms with Crippen LogP contribution in [0.25, 0.3) is 0 Å². The van der Waals surface area contributed by atoms with E-state index in [9.17, 15) is 9.90 Å². The van der Waals surface area contributed by atoms with Crippen molar-refractivity contribution in [2.75, 3.05) is 13.7 Å². The van der Waals surface area contributed by atoms with Crippen LogP contribution in [0.4, 0.5) is 0 Å². The molecule has 1 atom stereocenters. The predicted octanol–water partition coefficient (Wildman–Crippen LogP) is 2.66. The molecule has 1 amide bonds. The van der Waals surface area contributed by atoms with Gasteiger partial charge < -0.3 is 15.2 Å². The predicted molar refractivity (Wildman–Crippen MR) is 107 cm³/mol. The number of aliphatic hydroxyl groups is 1. The van der Waals surface area contributed by atoms with Gasteiger partial charge in [-0.1, -0.05) is 42.5 Å². The minimum absolute atomic E-state index is 0.0812. The molecule has 3 aromatic rings. The zero-order valence-corrected chi connectivity index (χ0v) is 16.3. The van der Waals surface area contributed by atoms with Gasteiger partial charge in [0.15, 0.2) is 0 Å². The van der Waals surface area contributed by atoms with Crippen molar-refractivity contribution in [2.45, 2.75) is 18.9 Å². The Morgan fingerprint density at radius 1 is 1.18 bits per heavy atom. The van der Waals surface area contributed by atoms with Crippen LogP contribution in [0, 0.1) is 0 Å². The number of methoxy groups -OCH3 is 1. The highest BCUT2D eigenvalue weighted by atomic mass is 16.5. The summed E-state index contributed by atoms with van der Waals surface area (Å²) in [7, 11) is 3.41. The Labute approximate surface area is 164 Å². The molecule has 0 bridgehead atoms. The maximum Gasteiger partial charge on any atom is 0.254 e. The zero-order chi connectivity index (χ0) is 20.1. The number of hydrogen-bond donors (Lipinski definition) is 2. The number of hydrogen-bond acceptors (Lipinski definition) is 4. The van der Waals surface area contributed by atoms with Crippen LogP contribution in [0.1, 0.15) is 34.1 Å². The van der Waals surface area contributed by atoms with Crippen LogP contribution in [0.3, 0.4) is 0 Å². The number of carbonyl (C=O) groups excluding carboxylic acids is 1. The minimum Gasteiger partial charge on any atom is -0.497 e. The molecule has 0 spiro atoms. The lowest BCUT2D eigenvalue weighted by Crippen LogP contribution is -2.38. The van der Waals surface area contributed by atoms with Crippen LogP contribution in [0.2, 0.25) is 0 Å². The Kier molecular flexibility index (Phi) is 5.80. The summed E-state index contributed by atoms with van der Waals surface area (Å²) in [6.45, 7) is 1.75. The molecule has 1 heterocycles. The van der Waals surface area contributed by atoms with E-state index in [0.29, 0.717) is 23.3 Å². The molecule has 6 heteroatoms. The SMILES string of the molecule is COc1ccc(C(C)(O)CNC(=O)c2cnn(C)c2Cc2ccccc2)cc1. The van der Waals surface area contributed by atoms with E-state index in [1.54, 1.807) is 49.2 Å². The Bertz CT molecular complexity index is 931. The fourth-order valence-electron chi connectivity index (χ4n) is 3.05. The molecule has 0 aliphatic carbocycles. The molecule has 0 aliphatic rings. The van der Waals surface area contributed by atoms with E-state index in [4.69, 9.17) is 4.74 Å². The van der Waals surface area contributed by atoms with Gasteiger partial charge in [0.25, 0.3) is 5.91 Å². The highest BCUT2D eigenvalue weighted by Gasteiger charge is 2.25. The van der Waals surface area contributed by atoms with Gasteiger partial charge in [-0.2, -0.15) is 5.10 Å². The topological polar surface area (TPSA) is 76.4 Å². The molecule has 0 aliphatic heterocycles. The first-order valence-corrected chi connectivity index (χ1v) is 9.10. The molecule has 1 unspecified atom stereocenters. The summed E-state index contributed by atoms with van der Waals surface area (Å²) in [5.74, 6) is 0.456. The maximum atomic E-state index is 12.8. The molecule has 6 nitrogen and oxygen atoms in total. The molecule has 0 radical (unpaired) electrons. The number of amides is 1. The lowest BCUT2D eigenvalue weighted by molar-refractivity contribution is 0.0526. The van der Waals surface area contributed by atoms with E-state index in [1.165, 1.54) is 0 Å². The van der Waals surface area contributed by atoms with Crippen molar-refractivity contribution < 1.29 is 14.6 Å². The number of carbonyl (C=O) groups is 1. The van der Waals surface area contributed by atoms with Crippen molar-refractivity contribution in [1.82, 2.24) is 15.1 Å². The quantitative estimate of drug-likeness (QED) is 0.662. The monoisotopic (exact) mass is 379 g/mol. The third-order valence-corrected chi connectivity index (χ3v) is 4.83. The van der Waals surface area contributed by atoms with Gasteiger partial charge in [-0.3, -0.25) is 9.48 Å². The standard InChI is InChI=1S/C22H25N3O3/c1-22(27,17-9-11-18(28-3)12-10-17)15-23-21(26)19-14-24-25(2)20(19)13-16-7-5-4-6-8-16/h4-12,14,27H,13,15H2,1-3H3,(H,23,26). The van der Waals surface area contributed by atoms with Crippen molar-refractivity contribution in [3.05, 3.63) is 83.2 Å². The van der Waals surface area contributed by atoms with E-state index < -0.39 is 5.60 Å². The van der Waals surface area contributed by atoms with E-state index in [2.05, 4.69) is 10.4 Å². The molecule has 146 valence electrons. The Hall–Kier alpha value is -3.12. The number of nitrogens with zero attached hydrogens (tertiary/aromatic N) is 2. The summed E-state index contributed by atoms with van der Waals surface area (Å²) in [5.41, 5.74) is 1.93. The number of benzene rings is 2. The zero-order valence-electron chi connectivity index (χ0n) is 16.3. The van der Waals surface area contributed by atoms with E-state index in [-0.39, 0.29) is 12.5 Å². The molecule has 0 saturated heterocycles. The largest absolute Gasteiger partial charge is 0.497 e. The summed E-state index contributed by atoms with van der Waals surface area (Å²) < 4.78 is 6.85. The molecule has 0 saturated carbocycles. The highest BCUT2D eigenvalue weighted by molar-refractivity contribution is 5.95. The molecular weight excluding hydrogens is 354 g/mol. The normalized spacial score (nSPS) is 13.0. The molecule has 3 rings (SSSR count). The second kappa shape index (κ2) is 8.27. The van der Waals surface area contributed by atoms with Crippen LogP contribution in [0.5, 0.6) is 5.75 Å². The molecule has 1 aromatic heterocycles. The summed E-state index contributed by atoms with van der Waals surface area (Å²) in [6, 6.07) is 17.1. The van der Waals surface area contributed by atoms with Crippen LogP contribution >= 0.6 is 0 Å². The number of ether oxygens (including phenoxy) is 1. The summed E-state index contributed by atoms with van der Waals surface area (Å²) in [6.07, 6.45) is 2.17. The van der Waals surface area contributed by atoms with Gasteiger partial charge in [-0.05, 0) is 30.2 Å². The van der Waals surface area contributed by atoms with Crippen molar-refractivity contribution in [3.8, 4) is 5.75 Å². The molecule has 2 N–H and O–H groups in total. The lowest BCUT2D eigenvalue weighted by atomic mass is 9.95. The fourth-order valence-corrected chi connectivity index (χ4v) is 3.05. The molecule has 2 aromatic carbocycles. The third-order valence-electron chi connectivity index (χ3n) is 4.83. The third kappa shape index (κ3) is 4.40. The first-order chi connectivity index (χ1) is 13.4. The number of nitrogens with one attached hydrogen (secondary N) is 1. The maximum absolute atomic E-state index is 12.8. The van der Waals surface area contributed by atoms with Crippen LogP contribution in [0.15, 0.2) is 60.8 Å². The Morgan fingerprint density at radius 3 is 2.50 bits per heavy atom. The number of aryl methyl sites for hydroxylation is 1. The minimum atomic E-state index is -1.20. The fraction of sp³-hybridized carbons (Fsp3) is 0.273. The van der Waals surface area contributed by atoms with Crippen LogP contribution < -0.4 is 10.1 Å². The van der Waals surface area contributed by atoms with Crippen molar-refractivity contribution in [3.63, 3.8) is 0 Å². The average molecular weight is 379 g/mol. The van der Waals surface area contributed by atoms with E-state index >= 15 is 0 Å². The highest BCUT2D eigenvalue weighted by Crippen LogP contribution is 2.23. The van der Waals surface area contributed by atoms with Gasteiger partial charge in [0.2, 0.25) is 0 Å². The van der Waals surface area contributed by atoms with Crippen LogP contribution in [-0.4, -0.2) is 34.4 Å². The van der Waals surface area contributed by atoms with Crippen LogP contribution in [-0.2, 0) is 19.1 Å². The second-order valence-electron chi connectivity index (χ2n) is 6.98. The van der Waals surface area contributed by atoms with Gasteiger partial charge in [0.1, 0.15) is 11.4 Å². The summed E-state index contributed by atoms with van der Waals surface area (Å²) in [5, 5.41) is 17.8. The second-order valence-corrected chi connectivity index (χ2v) is 6.98. The lowest BCUT2D eigenvalue weighted by Gasteiger charge is -2.24. The summed E-state index contributed by atoms with van der Waals surface area (Å²) >= 11 is 0. The number of aromatic nitrogens is 2. The first kappa shape index (κ1) is 19.6. The first-order valence-electron chi connectivity index (χ1n) is 9.10. The van der Waals surface area contributed by atoms with Crippen molar-refractivity contribution >= 4 is 5.91 Å². The van der Waals surface area contributed by atoms with Gasteiger partial charge >= 0.3 is 0 Å². The molecule has 0 fully saturated rings. The van der Waals surface area contributed by atoms with Gasteiger partial charge in [0, 0.05) is 13.5 Å². The average Bonchev–Trinajstić information content (AvgIpc) is 3.07. The smallest absolute Gasteiger partial charge is 0.254 e. The van der Waals surface area contributed by atoms with E-state index in [1.807, 2.05) is 37.4 Å².